The maximum Gasteiger partial charge on any atom is 0.130 e. The highest BCUT2D eigenvalue weighted by atomic mass is 35.5. The Morgan fingerprint density at radius 1 is 1.21 bits per heavy atom. The minimum absolute atomic E-state index is 0.225. The molecule has 19 heavy (non-hydrogen) atoms. The number of fused-ring (bicyclic) bond motifs is 1. The number of para-hydroxylation sites is 1. The lowest BCUT2D eigenvalue weighted by Gasteiger charge is -2.21. The molecule has 0 fully saturated rings. The number of hydrogen-bond donors (Lipinski definition) is 1. The average Bonchev–Trinajstić information content (AvgIpc) is 2.42. The van der Waals surface area contributed by atoms with E-state index in [1.54, 1.807) is 0 Å². The molecule has 0 saturated heterocycles. The highest BCUT2D eigenvalue weighted by Crippen LogP contribution is 2.40. The molecule has 1 aliphatic heterocycles. The van der Waals surface area contributed by atoms with E-state index in [4.69, 9.17) is 22.1 Å². The molecular formula is C15H13ClFNO. The smallest absolute Gasteiger partial charge is 0.130 e. The zero-order chi connectivity index (χ0) is 13.4. The number of nitrogen functional groups attached to an aromatic ring is 1. The number of aryl methyl sites for hydroxylation is 1. The molecule has 2 N–H and O–H groups in total. The Morgan fingerprint density at radius 2 is 2.05 bits per heavy atom. The van der Waals surface area contributed by atoms with E-state index in [2.05, 4.69) is 0 Å². The summed E-state index contributed by atoms with van der Waals surface area (Å²) in [5, 5.41) is 0.225. The average molecular weight is 278 g/mol. The highest BCUT2D eigenvalue weighted by molar-refractivity contribution is 6.33. The maximum absolute atomic E-state index is 13.5. The van der Waals surface area contributed by atoms with Crippen molar-refractivity contribution in [3.05, 3.63) is 46.7 Å². The van der Waals surface area contributed by atoms with Crippen molar-refractivity contribution in [2.75, 3.05) is 12.3 Å². The van der Waals surface area contributed by atoms with Crippen molar-refractivity contribution in [1.82, 2.24) is 0 Å². The molecule has 1 aliphatic rings. The Balaban J connectivity index is 2.23. The summed E-state index contributed by atoms with van der Waals surface area (Å²) in [4.78, 5) is 0. The van der Waals surface area contributed by atoms with Crippen molar-refractivity contribution in [3.8, 4) is 16.9 Å². The molecule has 1 heterocycles. The van der Waals surface area contributed by atoms with E-state index < -0.39 is 5.82 Å². The molecule has 0 unspecified atom stereocenters. The van der Waals surface area contributed by atoms with Gasteiger partial charge in [0.05, 0.1) is 17.3 Å². The molecule has 0 atom stereocenters. The summed E-state index contributed by atoms with van der Waals surface area (Å²) in [5.41, 5.74) is 8.86. The minimum Gasteiger partial charge on any atom is -0.493 e. The lowest BCUT2D eigenvalue weighted by Crippen LogP contribution is -2.09. The third kappa shape index (κ3) is 2.15. The molecule has 0 bridgehead atoms. The number of rotatable bonds is 1. The second kappa shape index (κ2) is 4.74. The predicted octanol–water partition coefficient (Wildman–Crippen LogP) is 4.05. The first-order valence-electron chi connectivity index (χ1n) is 6.16. The number of halogens is 2. The van der Waals surface area contributed by atoms with Crippen LogP contribution in [0.3, 0.4) is 0 Å². The third-order valence-corrected chi connectivity index (χ3v) is 3.63. The summed E-state index contributed by atoms with van der Waals surface area (Å²) >= 11 is 5.95. The van der Waals surface area contributed by atoms with Crippen LogP contribution in [0.5, 0.6) is 5.75 Å². The van der Waals surface area contributed by atoms with Crippen molar-refractivity contribution in [2.45, 2.75) is 12.8 Å². The zero-order valence-corrected chi connectivity index (χ0v) is 11.0. The molecule has 0 spiro atoms. The van der Waals surface area contributed by atoms with Gasteiger partial charge in [0, 0.05) is 11.1 Å². The van der Waals surface area contributed by atoms with Crippen LogP contribution < -0.4 is 10.5 Å². The van der Waals surface area contributed by atoms with Crippen molar-refractivity contribution >= 4 is 17.3 Å². The van der Waals surface area contributed by atoms with Crippen LogP contribution in [-0.4, -0.2) is 6.61 Å². The molecule has 2 aromatic carbocycles. The number of ether oxygens (including phenoxy) is 1. The first-order chi connectivity index (χ1) is 9.16. The predicted molar refractivity (Wildman–Crippen MR) is 75.1 cm³/mol. The first kappa shape index (κ1) is 12.3. The Kier molecular flexibility index (Phi) is 3.07. The SMILES string of the molecule is Nc1c(Cl)cc(F)cc1-c1cccc2c1OCCC2. The van der Waals surface area contributed by atoms with Crippen molar-refractivity contribution < 1.29 is 9.13 Å². The number of hydrogen-bond acceptors (Lipinski definition) is 2. The summed E-state index contributed by atoms with van der Waals surface area (Å²) in [6, 6.07) is 8.45. The Morgan fingerprint density at radius 3 is 2.89 bits per heavy atom. The van der Waals surface area contributed by atoms with Gasteiger partial charge in [-0.2, -0.15) is 0 Å². The van der Waals surface area contributed by atoms with Crippen molar-refractivity contribution in [1.29, 1.82) is 0 Å². The van der Waals surface area contributed by atoms with E-state index in [1.807, 2.05) is 18.2 Å². The van der Waals surface area contributed by atoms with Crippen LogP contribution >= 0.6 is 11.6 Å². The summed E-state index contributed by atoms with van der Waals surface area (Å²) in [6.07, 6.45) is 1.96. The fourth-order valence-electron chi connectivity index (χ4n) is 2.41. The van der Waals surface area contributed by atoms with Crippen LogP contribution in [-0.2, 0) is 6.42 Å². The molecule has 4 heteroatoms. The van der Waals surface area contributed by atoms with Crippen LogP contribution in [0.2, 0.25) is 5.02 Å². The molecule has 2 aromatic rings. The number of anilines is 1. The van der Waals surface area contributed by atoms with Gasteiger partial charge in [-0.1, -0.05) is 29.8 Å². The number of benzene rings is 2. The Hall–Kier alpha value is -1.74. The van der Waals surface area contributed by atoms with E-state index in [0.717, 1.165) is 29.7 Å². The molecule has 2 nitrogen and oxygen atoms in total. The molecule has 3 rings (SSSR count). The van der Waals surface area contributed by atoms with E-state index in [-0.39, 0.29) is 5.02 Å². The van der Waals surface area contributed by atoms with Crippen LogP contribution in [0.1, 0.15) is 12.0 Å². The molecule has 0 aromatic heterocycles. The lowest BCUT2D eigenvalue weighted by molar-refractivity contribution is 0.289. The molecule has 0 radical (unpaired) electrons. The summed E-state index contributed by atoms with van der Waals surface area (Å²) in [5.74, 6) is 0.393. The van der Waals surface area contributed by atoms with Gasteiger partial charge in [-0.3, -0.25) is 0 Å². The van der Waals surface area contributed by atoms with E-state index in [1.165, 1.54) is 12.1 Å². The molecule has 0 amide bonds. The van der Waals surface area contributed by atoms with E-state index in [9.17, 15) is 4.39 Å². The second-order valence-electron chi connectivity index (χ2n) is 4.59. The van der Waals surface area contributed by atoms with Gasteiger partial charge in [0.1, 0.15) is 11.6 Å². The van der Waals surface area contributed by atoms with Gasteiger partial charge in [-0.25, -0.2) is 4.39 Å². The van der Waals surface area contributed by atoms with Crippen LogP contribution in [0.25, 0.3) is 11.1 Å². The van der Waals surface area contributed by atoms with Gasteiger partial charge in [0.25, 0.3) is 0 Å². The summed E-state index contributed by atoms with van der Waals surface area (Å²) in [6.45, 7) is 0.674. The summed E-state index contributed by atoms with van der Waals surface area (Å²) in [7, 11) is 0. The molecule has 0 aliphatic carbocycles. The highest BCUT2D eigenvalue weighted by Gasteiger charge is 2.18. The van der Waals surface area contributed by atoms with Gasteiger partial charge >= 0.3 is 0 Å². The quantitative estimate of drug-likeness (QED) is 0.798. The third-order valence-electron chi connectivity index (χ3n) is 3.32. The van der Waals surface area contributed by atoms with Crippen LogP contribution in [0.4, 0.5) is 10.1 Å². The zero-order valence-electron chi connectivity index (χ0n) is 10.2. The van der Waals surface area contributed by atoms with Gasteiger partial charge in [0.15, 0.2) is 0 Å². The van der Waals surface area contributed by atoms with Crippen LogP contribution in [0.15, 0.2) is 30.3 Å². The van der Waals surface area contributed by atoms with Gasteiger partial charge in [0.2, 0.25) is 0 Å². The fraction of sp³-hybridized carbons (Fsp3) is 0.200. The first-order valence-corrected chi connectivity index (χ1v) is 6.54. The molecule has 0 saturated carbocycles. The minimum atomic E-state index is -0.400. The fourth-order valence-corrected chi connectivity index (χ4v) is 2.61. The van der Waals surface area contributed by atoms with Crippen molar-refractivity contribution in [2.24, 2.45) is 0 Å². The standard InChI is InChI=1S/C15H13ClFNO/c16-13-8-10(17)7-12(14(13)18)11-5-1-3-9-4-2-6-19-15(9)11/h1,3,5,7-8H,2,4,6,18H2. The normalized spacial score (nSPS) is 13.8. The topological polar surface area (TPSA) is 35.2 Å². The number of nitrogens with two attached hydrogens (primary N) is 1. The second-order valence-corrected chi connectivity index (χ2v) is 5.00. The molecule has 98 valence electrons. The lowest BCUT2D eigenvalue weighted by atomic mass is 9.96. The van der Waals surface area contributed by atoms with Gasteiger partial charge < -0.3 is 10.5 Å². The van der Waals surface area contributed by atoms with E-state index >= 15 is 0 Å². The Labute approximate surface area is 115 Å². The Bertz CT molecular complexity index is 642. The van der Waals surface area contributed by atoms with E-state index in [0.29, 0.717) is 17.9 Å². The maximum atomic E-state index is 13.5. The van der Waals surface area contributed by atoms with Crippen LogP contribution in [0, 0.1) is 5.82 Å². The monoisotopic (exact) mass is 277 g/mol. The molecular weight excluding hydrogens is 265 g/mol. The largest absolute Gasteiger partial charge is 0.493 e. The van der Waals surface area contributed by atoms with Crippen molar-refractivity contribution in [3.63, 3.8) is 0 Å². The van der Waals surface area contributed by atoms with Gasteiger partial charge in [-0.05, 0) is 30.5 Å². The summed E-state index contributed by atoms with van der Waals surface area (Å²) < 4.78 is 19.3. The van der Waals surface area contributed by atoms with Gasteiger partial charge in [-0.15, -0.1) is 0 Å².